The van der Waals surface area contributed by atoms with E-state index in [1.54, 1.807) is 17.3 Å². The van der Waals surface area contributed by atoms with E-state index in [1.165, 1.54) is 18.9 Å². The zero-order valence-electron chi connectivity index (χ0n) is 23.7. The monoisotopic (exact) mass is 564 g/mol. The number of H-pyrrole nitrogens is 2. The number of hydrogen-bond acceptors (Lipinski definition) is 8. The third-order valence-corrected chi connectivity index (χ3v) is 8.01. The summed E-state index contributed by atoms with van der Waals surface area (Å²) in [7, 11) is 1.37. The number of rotatable bonds is 8. The molecule has 1 fully saturated rings. The number of likely N-dealkylation sites (tertiary alicyclic amines) is 1. The molecule has 6 rings (SSSR count). The SMILES string of the molecule is CCNCc1cncc(-c2ccc3[nH]nc(-c4ncc(C(=O)N5CC(C(=O)OC)[C@@H](c6cccnc6)C5)[nH]4)c3c2)c1C. The van der Waals surface area contributed by atoms with Gasteiger partial charge in [-0.1, -0.05) is 19.1 Å². The molecule has 214 valence electrons. The number of benzene rings is 1. The van der Waals surface area contributed by atoms with E-state index in [-0.39, 0.29) is 24.3 Å². The Hall–Kier alpha value is -4.90. The fourth-order valence-corrected chi connectivity index (χ4v) is 5.67. The molecule has 0 spiro atoms. The summed E-state index contributed by atoms with van der Waals surface area (Å²) in [6.07, 6.45) is 8.71. The van der Waals surface area contributed by atoms with Crippen LogP contribution in [0.15, 0.2) is 61.3 Å². The first-order valence-electron chi connectivity index (χ1n) is 13.9. The normalized spacial score (nSPS) is 16.7. The molecule has 11 heteroatoms. The summed E-state index contributed by atoms with van der Waals surface area (Å²) < 4.78 is 5.05. The number of aromatic amines is 2. The molecule has 1 unspecified atom stereocenters. The molecule has 2 atom stereocenters. The first-order chi connectivity index (χ1) is 20.5. The number of amides is 1. The minimum absolute atomic E-state index is 0.208. The smallest absolute Gasteiger partial charge is 0.311 e. The number of esters is 1. The maximum absolute atomic E-state index is 13.6. The number of fused-ring (bicyclic) bond motifs is 1. The van der Waals surface area contributed by atoms with E-state index in [2.05, 4.69) is 55.4 Å². The van der Waals surface area contributed by atoms with Crippen molar-refractivity contribution in [2.45, 2.75) is 26.3 Å². The number of methoxy groups -OCH3 is 1. The molecule has 5 heterocycles. The van der Waals surface area contributed by atoms with Gasteiger partial charge in [-0.3, -0.25) is 24.7 Å². The molecule has 0 saturated carbocycles. The minimum atomic E-state index is -0.478. The van der Waals surface area contributed by atoms with Crippen LogP contribution in [-0.4, -0.2) is 73.7 Å². The molecule has 0 aliphatic carbocycles. The van der Waals surface area contributed by atoms with Crippen molar-refractivity contribution < 1.29 is 14.3 Å². The largest absolute Gasteiger partial charge is 0.469 e. The van der Waals surface area contributed by atoms with Crippen molar-refractivity contribution in [1.82, 2.24) is 40.3 Å². The lowest BCUT2D eigenvalue weighted by atomic mass is 9.90. The third-order valence-electron chi connectivity index (χ3n) is 8.01. The Bertz CT molecular complexity index is 1750. The van der Waals surface area contributed by atoms with Crippen molar-refractivity contribution in [3.8, 4) is 22.6 Å². The van der Waals surface area contributed by atoms with Crippen LogP contribution in [0.4, 0.5) is 0 Å². The van der Waals surface area contributed by atoms with E-state index in [0.29, 0.717) is 23.8 Å². The van der Waals surface area contributed by atoms with E-state index in [1.807, 2.05) is 36.7 Å². The van der Waals surface area contributed by atoms with Gasteiger partial charge in [-0.15, -0.1) is 0 Å². The topological polar surface area (TPSA) is 142 Å². The van der Waals surface area contributed by atoms with Gasteiger partial charge in [-0.2, -0.15) is 5.10 Å². The van der Waals surface area contributed by atoms with Crippen LogP contribution in [0.5, 0.6) is 0 Å². The van der Waals surface area contributed by atoms with Gasteiger partial charge in [-0.25, -0.2) is 4.98 Å². The quantitative estimate of drug-likeness (QED) is 0.241. The average Bonchev–Trinajstić information content (AvgIpc) is 3.78. The van der Waals surface area contributed by atoms with Crippen LogP contribution in [0, 0.1) is 12.8 Å². The van der Waals surface area contributed by atoms with E-state index in [0.717, 1.165) is 46.2 Å². The van der Waals surface area contributed by atoms with Gasteiger partial charge >= 0.3 is 5.97 Å². The number of nitrogens with one attached hydrogen (secondary N) is 3. The highest BCUT2D eigenvalue weighted by Gasteiger charge is 2.41. The second-order valence-electron chi connectivity index (χ2n) is 10.5. The van der Waals surface area contributed by atoms with Crippen LogP contribution < -0.4 is 5.32 Å². The summed E-state index contributed by atoms with van der Waals surface area (Å²) >= 11 is 0. The van der Waals surface area contributed by atoms with Crippen LogP contribution >= 0.6 is 0 Å². The summed E-state index contributed by atoms with van der Waals surface area (Å²) in [5.74, 6) is -0.798. The van der Waals surface area contributed by atoms with Gasteiger partial charge in [0.25, 0.3) is 5.91 Å². The highest BCUT2D eigenvalue weighted by molar-refractivity contribution is 5.97. The van der Waals surface area contributed by atoms with Crippen LogP contribution in [0.25, 0.3) is 33.5 Å². The zero-order chi connectivity index (χ0) is 29.2. The summed E-state index contributed by atoms with van der Waals surface area (Å²) in [4.78, 5) is 44.1. The Balaban J connectivity index is 1.27. The average molecular weight is 565 g/mol. The number of imidazole rings is 1. The summed E-state index contributed by atoms with van der Waals surface area (Å²) in [6, 6.07) is 9.85. The van der Waals surface area contributed by atoms with E-state index >= 15 is 0 Å². The van der Waals surface area contributed by atoms with Gasteiger partial charge in [0.2, 0.25) is 0 Å². The molecule has 1 amide bonds. The molecular weight excluding hydrogens is 532 g/mol. The fourth-order valence-electron chi connectivity index (χ4n) is 5.67. The zero-order valence-corrected chi connectivity index (χ0v) is 23.7. The molecular formula is C31H32N8O3. The number of ether oxygens (including phenoxy) is 1. The summed E-state index contributed by atoms with van der Waals surface area (Å²) in [5, 5.41) is 11.8. The Morgan fingerprint density at radius 2 is 2.00 bits per heavy atom. The lowest BCUT2D eigenvalue weighted by Crippen LogP contribution is -2.30. The van der Waals surface area contributed by atoms with Crippen LogP contribution in [0.1, 0.15) is 40.0 Å². The molecule has 1 aliphatic heterocycles. The lowest BCUT2D eigenvalue weighted by molar-refractivity contribution is -0.145. The molecule has 1 aliphatic rings. The molecule has 3 N–H and O–H groups in total. The Labute approximate surface area is 242 Å². The number of pyridine rings is 2. The van der Waals surface area contributed by atoms with Gasteiger partial charge in [-0.05, 0) is 53.9 Å². The molecule has 0 radical (unpaired) electrons. The van der Waals surface area contributed by atoms with Crippen LogP contribution in [0.3, 0.4) is 0 Å². The van der Waals surface area contributed by atoms with E-state index in [9.17, 15) is 9.59 Å². The van der Waals surface area contributed by atoms with E-state index in [4.69, 9.17) is 4.74 Å². The van der Waals surface area contributed by atoms with Crippen LogP contribution in [-0.2, 0) is 16.1 Å². The Kier molecular flexibility index (Phi) is 7.49. The molecule has 4 aromatic heterocycles. The van der Waals surface area contributed by atoms with Gasteiger partial charge in [0.15, 0.2) is 5.82 Å². The van der Waals surface area contributed by atoms with Gasteiger partial charge in [0, 0.05) is 61.3 Å². The number of aromatic nitrogens is 6. The standard InChI is InChI=1S/C31H32N8O3/c1-4-32-12-21-13-34-14-23(18(21)2)19-7-8-26-22(10-19)28(38-37-26)29-35-15-27(36-29)30(40)39-16-24(20-6-5-9-33-11-20)25(17-39)31(41)42-3/h5-11,13-15,24-25,32H,4,12,16-17H2,1-3H3,(H,35,36)(H,37,38)/t24-,25?/m1/s1. The molecule has 42 heavy (non-hydrogen) atoms. The van der Waals surface area contributed by atoms with Gasteiger partial charge < -0.3 is 19.9 Å². The fraction of sp³-hybridized carbons (Fsp3) is 0.290. The minimum Gasteiger partial charge on any atom is -0.469 e. The third kappa shape index (κ3) is 5.03. The molecule has 0 bridgehead atoms. The molecule has 1 aromatic carbocycles. The number of carbonyl (C=O) groups is 2. The van der Waals surface area contributed by atoms with Crippen molar-refractivity contribution in [3.63, 3.8) is 0 Å². The highest BCUT2D eigenvalue weighted by atomic mass is 16.5. The van der Waals surface area contributed by atoms with Gasteiger partial charge in [0.1, 0.15) is 11.4 Å². The van der Waals surface area contributed by atoms with Crippen LogP contribution in [0.2, 0.25) is 0 Å². The first kappa shape index (κ1) is 27.3. The van der Waals surface area contributed by atoms with Crippen molar-refractivity contribution >= 4 is 22.8 Å². The summed E-state index contributed by atoms with van der Waals surface area (Å²) in [5.41, 5.74) is 7.07. The number of carbonyl (C=O) groups excluding carboxylic acids is 2. The second kappa shape index (κ2) is 11.5. The van der Waals surface area contributed by atoms with Crippen molar-refractivity contribution in [1.29, 1.82) is 0 Å². The Morgan fingerprint density at radius 1 is 1.12 bits per heavy atom. The predicted molar refractivity (Wildman–Crippen MR) is 157 cm³/mol. The lowest BCUT2D eigenvalue weighted by Gasteiger charge is -2.15. The maximum atomic E-state index is 13.6. The van der Waals surface area contributed by atoms with Crippen molar-refractivity contribution in [2.24, 2.45) is 5.92 Å². The molecule has 11 nitrogen and oxygen atoms in total. The number of nitrogens with zero attached hydrogens (tertiary/aromatic N) is 5. The second-order valence-corrected chi connectivity index (χ2v) is 10.5. The molecule has 5 aromatic rings. The summed E-state index contributed by atoms with van der Waals surface area (Å²) in [6.45, 7) is 6.44. The Morgan fingerprint density at radius 3 is 2.79 bits per heavy atom. The van der Waals surface area contributed by atoms with Crippen molar-refractivity contribution in [3.05, 3.63) is 83.7 Å². The highest BCUT2D eigenvalue weighted by Crippen LogP contribution is 2.35. The number of hydrogen-bond donors (Lipinski definition) is 3. The first-order valence-corrected chi connectivity index (χ1v) is 13.9. The van der Waals surface area contributed by atoms with Gasteiger partial charge in [0.05, 0.1) is 24.7 Å². The maximum Gasteiger partial charge on any atom is 0.311 e. The van der Waals surface area contributed by atoms with Crippen molar-refractivity contribution in [2.75, 3.05) is 26.7 Å². The van der Waals surface area contributed by atoms with E-state index < -0.39 is 5.92 Å². The molecule has 1 saturated heterocycles. The predicted octanol–water partition coefficient (Wildman–Crippen LogP) is 3.86.